The molecule has 120 valence electrons. The monoisotopic (exact) mass is 324 g/mol. The number of alkyl halides is 1. The van der Waals surface area contributed by atoms with Crippen molar-refractivity contribution in [3.63, 3.8) is 0 Å². The maximum absolute atomic E-state index is 12.4. The minimum Gasteiger partial charge on any atom is -0.497 e. The van der Waals surface area contributed by atoms with Crippen LogP contribution in [0.4, 0.5) is 0 Å². The van der Waals surface area contributed by atoms with Crippen molar-refractivity contribution in [2.24, 2.45) is 0 Å². The number of methoxy groups -OCH3 is 1. The molecule has 2 rings (SSSR count). The number of hydrogen-bond acceptors (Lipinski definition) is 3. The second kappa shape index (κ2) is 8.03. The van der Waals surface area contributed by atoms with E-state index in [0.29, 0.717) is 31.0 Å². The van der Waals surface area contributed by atoms with Gasteiger partial charge in [-0.2, -0.15) is 0 Å². The number of benzene rings is 1. The molecule has 22 heavy (non-hydrogen) atoms. The summed E-state index contributed by atoms with van der Waals surface area (Å²) in [5.74, 6) is 1.07. The molecule has 0 aliphatic carbocycles. The second-order valence-corrected chi connectivity index (χ2v) is 5.68. The van der Waals surface area contributed by atoms with Gasteiger partial charge in [0.05, 0.1) is 7.11 Å². The first kappa shape index (κ1) is 16.6. The highest BCUT2D eigenvalue weighted by Crippen LogP contribution is 2.17. The first-order valence-corrected chi connectivity index (χ1v) is 7.96. The van der Waals surface area contributed by atoms with Gasteiger partial charge in [-0.25, -0.2) is 0 Å². The van der Waals surface area contributed by atoms with E-state index in [9.17, 15) is 9.59 Å². The Morgan fingerprint density at radius 1 is 1.27 bits per heavy atom. The lowest BCUT2D eigenvalue weighted by Gasteiger charge is -2.32. The number of amides is 2. The molecule has 6 heteroatoms. The Morgan fingerprint density at radius 3 is 2.45 bits per heavy atom. The Hall–Kier alpha value is -1.75. The van der Waals surface area contributed by atoms with Gasteiger partial charge in [0.1, 0.15) is 5.75 Å². The predicted octanol–water partition coefficient (Wildman–Crippen LogP) is 2.04. The zero-order valence-corrected chi connectivity index (χ0v) is 13.4. The quantitative estimate of drug-likeness (QED) is 0.843. The van der Waals surface area contributed by atoms with Crippen molar-refractivity contribution >= 4 is 23.4 Å². The lowest BCUT2D eigenvalue weighted by molar-refractivity contribution is -0.121. The van der Waals surface area contributed by atoms with Crippen LogP contribution < -0.4 is 10.1 Å². The summed E-state index contributed by atoms with van der Waals surface area (Å²) < 4.78 is 5.09. The Kier molecular flexibility index (Phi) is 6.07. The van der Waals surface area contributed by atoms with Gasteiger partial charge in [0.15, 0.2) is 0 Å². The molecule has 0 unspecified atom stereocenters. The van der Waals surface area contributed by atoms with Crippen molar-refractivity contribution in [2.45, 2.75) is 25.3 Å². The van der Waals surface area contributed by atoms with Gasteiger partial charge in [-0.3, -0.25) is 9.59 Å². The normalized spacial score (nSPS) is 15.5. The van der Waals surface area contributed by atoms with Crippen LogP contribution in [0.15, 0.2) is 24.3 Å². The maximum Gasteiger partial charge on any atom is 0.253 e. The van der Waals surface area contributed by atoms with Gasteiger partial charge >= 0.3 is 0 Å². The SMILES string of the molecule is COc1ccc(C(=O)N2CCC(NC(=O)CCCl)CC2)cc1. The summed E-state index contributed by atoms with van der Waals surface area (Å²) in [4.78, 5) is 25.8. The average Bonchev–Trinajstić information content (AvgIpc) is 2.55. The molecular weight excluding hydrogens is 304 g/mol. The summed E-state index contributed by atoms with van der Waals surface area (Å²) in [5, 5.41) is 2.96. The van der Waals surface area contributed by atoms with Crippen molar-refractivity contribution < 1.29 is 14.3 Å². The summed E-state index contributed by atoms with van der Waals surface area (Å²) in [5.41, 5.74) is 0.658. The molecule has 1 saturated heterocycles. The number of rotatable bonds is 5. The molecule has 1 aromatic carbocycles. The molecule has 0 bridgehead atoms. The fourth-order valence-electron chi connectivity index (χ4n) is 2.53. The van der Waals surface area contributed by atoms with Crippen LogP contribution in [0.25, 0.3) is 0 Å². The van der Waals surface area contributed by atoms with E-state index < -0.39 is 0 Å². The number of hydrogen-bond donors (Lipinski definition) is 1. The van der Waals surface area contributed by atoms with E-state index in [1.54, 1.807) is 31.4 Å². The Morgan fingerprint density at radius 2 is 1.91 bits per heavy atom. The van der Waals surface area contributed by atoms with Crippen LogP contribution in [0.1, 0.15) is 29.6 Å². The maximum atomic E-state index is 12.4. The van der Waals surface area contributed by atoms with E-state index in [2.05, 4.69) is 5.32 Å². The summed E-state index contributed by atoms with van der Waals surface area (Å²) in [7, 11) is 1.60. The Balaban J connectivity index is 1.85. The topological polar surface area (TPSA) is 58.6 Å². The highest BCUT2D eigenvalue weighted by molar-refractivity contribution is 6.18. The van der Waals surface area contributed by atoms with Crippen LogP contribution in [-0.2, 0) is 4.79 Å². The predicted molar refractivity (Wildman–Crippen MR) is 85.4 cm³/mol. The van der Waals surface area contributed by atoms with E-state index in [4.69, 9.17) is 16.3 Å². The molecule has 1 fully saturated rings. The molecule has 2 amide bonds. The highest BCUT2D eigenvalue weighted by atomic mass is 35.5. The average molecular weight is 325 g/mol. The molecule has 1 aromatic rings. The number of piperidine rings is 1. The third-order valence-corrected chi connectivity index (χ3v) is 3.99. The lowest BCUT2D eigenvalue weighted by atomic mass is 10.0. The van der Waals surface area contributed by atoms with Crippen LogP contribution in [0.5, 0.6) is 5.75 Å². The van der Waals surface area contributed by atoms with Crippen LogP contribution in [0, 0.1) is 0 Å². The second-order valence-electron chi connectivity index (χ2n) is 5.30. The van der Waals surface area contributed by atoms with Gasteiger partial charge in [-0.15, -0.1) is 11.6 Å². The number of nitrogens with zero attached hydrogens (tertiary/aromatic N) is 1. The van der Waals surface area contributed by atoms with Gasteiger partial charge < -0.3 is 15.0 Å². The summed E-state index contributed by atoms with van der Waals surface area (Å²) in [6.07, 6.45) is 1.89. The fourth-order valence-corrected chi connectivity index (χ4v) is 2.70. The van der Waals surface area contributed by atoms with Crippen LogP contribution in [-0.4, -0.2) is 48.8 Å². The highest BCUT2D eigenvalue weighted by Gasteiger charge is 2.24. The molecule has 0 aromatic heterocycles. The number of ether oxygens (including phenoxy) is 1. The Bertz CT molecular complexity index is 511. The van der Waals surface area contributed by atoms with Gasteiger partial charge in [-0.05, 0) is 37.1 Å². The van der Waals surface area contributed by atoms with E-state index in [-0.39, 0.29) is 17.9 Å². The summed E-state index contributed by atoms with van der Waals surface area (Å²) in [6, 6.07) is 7.25. The minimum absolute atomic E-state index is 0.0186. The molecule has 0 spiro atoms. The number of likely N-dealkylation sites (tertiary alicyclic amines) is 1. The standard InChI is InChI=1S/C16H21ClN2O3/c1-22-14-4-2-12(3-5-14)16(21)19-10-7-13(8-11-19)18-15(20)6-9-17/h2-5,13H,6-11H2,1H3,(H,18,20). The van der Waals surface area contributed by atoms with Crippen LogP contribution >= 0.6 is 11.6 Å². The third-order valence-electron chi connectivity index (χ3n) is 3.81. The van der Waals surface area contributed by atoms with Crippen molar-refractivity contribution in [1.29, 1.82) is 0 Å². The largest absolute Gasteiger partial charge is 0.497 e. The fraction of sp³-hybridized carbons (Fsp3) is 0.500. The minimum atomic E-state index is -0.0186. The van der Waals surface area contributed by atoms with Crippen molar-refractivity contribution in [2.75, 3.05) is 26.1 Å². The molecule has 5 nitrogen and oxygen atoms in total. The number of halogens is 1. The summed E-state index contributed by atoms with van der Waals surface area (Å²) >= 11 is 5.55. The van der Waals surface area contributed by atoms with E-state index in [1.165, 1.54) is 0 Å². The molecule has 1 heterocycles. The van der Waals surface area contributed by atoms with Gasteiger partial charge in [0.2, 0.25) is 5.91 Å². The number of nitrogens with one attached hydrogen (secondary N) is 1. The number of carbonyl (C=O) groups excluding carboxylic acids is 2. The summed E-state index contributed by atoms with van der Waals surface area (Å²) in [6.45, 7) is 1.30. The van der Waals surface area contributed by atoms with Gasteiger partial charge in [0, 0.05) is 37.0 Å². The van der Waals surface area contributed by atoms with Gasteiger partial charge in [-0.1, -0.05) is 0 Å². The van der Waals surface area contributed by atoms with Crippen molar-refractivity contribution in [3.05, 3.63) is 29.8 Å². The third kappa shape index (κ3) is 4.37. The molecular formula is C16H21ClN2O3. The molecule has 1 aliphatic heterocycles. The first-order chi connectivity index (χ1) is 10.6. The first-order valence-electron chi connectivity index (χ1n) is 7.42. The lowest BCUT2D eigenvalue weighted by Crippen LogP contribution is -2.46. The van der Waals surface area contributed by atoms with E-state index in [1.807, 2.05) is 4.90 Å². The van der Waals surface area contributed by atoms with E-state index in [0.717, 1.165) is 18.6 Å². The zero-order chi connectivity index (χ0) is 15.9. The molecule has 0 atom stereocenters. The van der Waals surface area contributed by atoms with Gasteiger partial charge in [0.25, 0.3) is 5.91 Å². The van der Waals surface area contributed by atoms with Crippen LogP contribution in [0.2, 0.25) is 0 Å². The van der Waals surface area contributed by atoms with Crippen molar-refractivity contribution in [3.8, 4) is 5.75 Å². The zero-order valence-electron chi connectivity index (χ0n) is 12.7. The molecule has 1 N–H and O–H groups in total. The Labute approximate surface area is 135 Å². The molecule has 1 aliphatic rings. The van der Waals surface area contributed by atoms with E-state index >= 15 is 0 Å². The van der Waals surface area contributed by atoms with Crippen molar-refractivity contribution in [1.82, 2.24) is 10.2 Å². The molecule has 0 saturated carbocycles. The molecule has 0 radical (unpaired) electrons. The smallest absolute Gasteiger partial charge is 0.253 e. The van der Waals surface area contributed by atoms with Crippen LogP contribution in [0.3, 0.4) is 0 Å². The number of carbonyl (C=O) groups is 2.